The average Bonchev–Trinajstić information content (AvgIpc) is 2.67. The Morgan fingerprint density at radius 2 is 1.89 bits per heavy atom. The van der Waals surface area contributed by atoms with Gasteiger partial charge >= 0.3 is 5.97 Å². The molecule has 0 saturated carbocycles. The van der Waals surface area contributed by atoms with E-state index >= 15 is 0 Å². The molecule has 0 bridgehead atoms. The first-order valence-electron chi connectivity index (χ1n) is 8.42. The second-order valence-corrected chi connectivity index (χ2v) is 7.86. The van der Waals surface area contributed by atoms with Crippen molar-refractivity contribution in [3.05, 3.63) is 77.9 Å². The summed E-state index contributed by atoms with van der Waals surface area (Å²) in [5.41, 5.74) is 0.0853. The predicted octanol–water partition coefficient (Wildman–Crippen LogP) is 5.68. The van der Waals surface area contributed by atoms with Crippen LogP contribution < -0.4 is 9.61 Å². The highest BCUT2D eigenvalue weighted by Crippen LogP contribution is 2.42. The highest BCUT2D eigenvalue weighted by Gasteiger charge is 2.21. The molecule has 0 fully saturated rings. The maximum absolute atomic E-state index is 13.6. The van der Waals surface area contributed by atoms with Gasteiger partial charge in [-0.1, -0.05) is 36.4 Å². The molecule has 0 aliphatic heterocycles. The molecule has 8 heteroatoms. The lowest BCUT2D eigenvalue weighted by Gasteiger charge is -2.18. The first-order valence-corrected chi connectivity index (χ1v) is 10.6. The van der Waals surface area contributed by atoms with Crippen LogP contribution >= 0.6 is 18.9 Å². The van der Waals surface area contributed by atoms with E-state index in [0.29, 0.717) is 5.75 Å². The summed E-state index contributed by atoms with van der Waals surface area (Å²) in [6.07, 6.45) is 0. The molecule has 3 aromatic rings. The maximum atomic E-state index is 13.6. The topological polar surface area (TPSA) is 47.6 Å². The number of halogens is 3. The molecule has 0 aromatic heterocycles. The van der Waals surface area contributed by atoms with Gasteiger partial charge in [0.05, 0.1) is 0 Å². The summed E-state index contributed by atoms with van der Waals surface area (Å²) in [4.78, 5) is 12.1. The number of nitrogens with one attached hydrogen (secondary N) is 1. The van der Waals surface area contributed by atoms with Crippen LogP contribution in [0.3, 0.4) is 0 Å². The van der Waals surface area contributed by atoms with Gasteiger partial charge in [-0.05, 0) is 41.7 Å². The van der Waals surface area contributed by atoms with Crippen molar-refractivity contribution < 1.29 is 22.8 Å². The smallest absolute Gasteiger partial charge is 0.323 e. The van der Waals surface area contributed by atoms with Gasteiger partial charge in [0.1, 0.15) is 30.0 Å². The molecule has 28 heavy (non-hydrogen) atoms. The molecule has 4 nitrogen and oxygen atoms in total. The Hall–Kier alpha value is -2.27. The zero-order chi connectivity index (χ0) is 20.1. The van der Waals surface area contributed by atoms with Crippen molar-refractivity contribution in [2.75, 3.05) is 0 Å². The van der Waals surface area contributed by atoms with E-state index in [1.165, 1.54) is 6.07 Å². The predicted molar refractivity (Wildman–Crippen MR) is 106 cm³/mol. The second kappa shape index (κ2) is 9.28. The van der Waals surface area contributed by atoms with E-state index < -0.39 is 31.3 Å². The largest absolute Gasteiger partial charge is 0.460 e. The van der Waals surface area contributed by atoms with Gasteiger partial charge < -0.3 is 9.26 Å². The lowest BCUT2D eigenvalue weighted by molar-refractivity contribution is -0.146. The van der Waals surface area contributed by atoms with Gasteiger partial charge in [0.25, 0.3) is 7.65 Å². The molecule has 0 radical (unpaired) electrons. The number of benzene rings is 3. The Kier molecular flexibility index (Phi) is 6.79. The van der Waals surface area contributed by atoms with Gasteiger partial charge in [-0.3, -0.25) is 4.79 Å². The molecular formula is C20H17ClF2NO3P. The summed E-state index contributed by atoms with van der Waals surface area (Å²) < 4.78 is 37.3. The minimum atomic E-state index is -1.68. The Bertz CT molecular complexity index is 983. The average molecular weight is 424 g/mol. The molecule has 0 aliphatic carbocycles. The van der Waals surface area contributed by atoms with E-state index in [4.69, 9.17) is 20.5 Å². The van der Waals surface area contributed by atoms with Crippen molar-refractivity contribution >= 4 is 35.6 Å². The summed E-state index contributed by atoms with van der Waals surface area (Å²) in [7, 11) is -1.68. The van der Waals surface area contributed by atoms with Crippen LogP contribution in [0.1, 0.15) is 12.5 Å². The Balaban J connectivity index is 1.55. The number of hydrogen-bond donors (Lipinski definition) is 1. The van der Waals surface area contributed by atoms with Gasteiger partial charge in [0, 0.05) is 17.0 Å². The van der Waals surface area contributed by atoms with Crippen LogP contribution in [0.25, 0.3) is 10.8 Å². The normalized spacial score (nSPS) is 13.1. The van der Waals surface area contributed by atoms with Gasteiger partial charge in [-0.15, -0.1) is 0 Å². The van der Waals surface area contributed by atoms with E-state index in [1.807, 2.05) is 36.4 Å². The Morgan fingerprint density at radius 3 is 2.68 bits per heavy atom. The molecule has 0 saturated heterocycles. The minimum Gasteiger partial charge on any atom is -0.460 e. The zero-order valence-corrected chi connectivity index (χ0v) is 16.5. The summed E-state index contributed by atoms with van der Waals surface area (Å²) in [6.45, 7) is 1.26. The zero-order valence-electron chi connectivity index (χ0n) is 14.9. The first-order chi connectivity index (χ1) is 13.4. The first kappa shape index (κ1) is 20.5. The molecule has 0 heterocycles. The maximum Gasteiger partial charge on any atom is 0.323 e. The van der Waals surface area contributed by atoms with Gasteiger partial charge in [-0.25, -0.2) is 13.9 Å². The van der Waals surface area contributed by atoms with E-state index in [0.717, 1.165) is 22.9 Å². The third kappa shape index (κ3) is 5.16. The highest BCUT2D eigenvalue weighted by molar-refractivity contribution is 7.78. The van der Waals surface area contributed by atoms with E-state index in [9.17, 15) is 13.6 Å². The van der Waals surface area contributed by atoms with Crippen LogP contribution in [-0.2, 0) is 16.1 Å². The molecule has 0 amide bonds. The molecule has 0 spiro atoms. The van der Waals surface area contributed by atoms with Gasteiger partial charge in [-0.2, -0.15) is 0 Å². The fraction of sp³-hybridized carbons (Fsp3) is 0.150. The molecule has 3 rings (SSSR count). The van der Waals surface area contributed by atoms with Crippen molar-refractivity contribution in [2.24, 2.45) is 0 Å². The van der Waals surface area contributed by atoms with Crippen LogP contribution in [-0.4, -0.2) is 12.0 Å². The van der Waals surface area contributed by atoms with Gasteiger partial charge in [0.2, 0.25) is 0 Å². The van der Waals surface area contributed by atoms with Crippen LogP contribution in [0.5, 0.6) is 5.75 Å². The SMILES string of the molecule is C[C@H](NP(Cl)Oc1cccc2ccccc12)C(=O)OCc1ccc(F)cc1F. The van der Waals surface area contributed by atoms with Crippen molar-refractivity contribution in [2.45, 2.75) is 19.6 Å². The summed E-state index contributed by atoms with van der Waals surface area (Å²) >= 11 is 6.24. The lowest BCUT2D eigenvalue weighted by Crippen LogP contribution is -2.32. The Labute approximate surface area is 167 Å². The number of esters is 1. The third-order valence-electron chi connectivity index (χ3n) is 3.96. The van der Waals surface area contributed by atoms with Crippen molar-refractivity contribution in [1.29, 1.82) is 0 Å². The number of ether oxygens (including phenoxy) is 1. The van der Waals surface area contributed by atoms with Crippen molar-refractivity contribution in [3.63, 3.8) is 0 Å². The molecular weight excluding hydrogens is 407 g/mol. The fourth-order valence-electron chi connectivity index (χ4n) is 2.51. The van der Waals surface area contributed by atoms with Crippen LogP contribution in [0.15, 0.2) is 60.7 Å². The van der Waals surface area contributed by atoms with E-state index in [1.54, 1.807) is 13.0 Å². The molecule has 3 aromatic carbocycles. The number of hydrogen-bond acceptors (Lipinski definition) is 4. The van der Waals surface area contributed by atoms with E-state index in [-0.39, 0.29) is 12.2 Å². The highest BCUT2D eigenvalue weighted by atomic mass is 35.7. The quantitative estimate of drug-likeness (QED) is 0.392. The van der Waals surface area contributed by atoms with Gasteiger partial charge in [0.15, 0.2) is 0 Å². The molecule has 0 aliphatic rings. The molecule has 1 unspecified atom stereocenters. The molecule has 146 valence electrons. The van der Waals surface area contributed by atoms with Crippen LogP contribution in [0.2, 0.25) is 0 Å². The third-order valence-corrected chi connectivity index (χ3v) is 5.41. The summed E-state index contributed by atoms with van der Waals surface area (Å²) in [5, 5.41) is 4.75. The lowest BCUT2D eigenvalue weighted by atomic mass is 10.1. The van der Waals surface area contributed by atoms with Crippen molar-refractivity contribution in [3.8, 4) is 5.75 Å². The fourth-order valence-corrected chi connectivity index (χ4v) is 3.96. The minimum absolute atomic E-state index is 0.0853. The number of rotatable bonds is 7. The number of carbonyl (C=O) groups excluding carboxylic acids is 1. The molecule has 2 atom stereocenters. The van der Waals surface area contributed by atoms with Crippen LogP contribution in [0.4, 0.5) is 8.78 Å². The summed E-state index contributed by atoms with van der Waals surface area (Å²) in [6, 6.07) is 15.6. The van der Waals surface area contributed by atoms with Crippen molar-refractivity contribution in [1.82, 2.24) is 5.09 Å². The molecule has 1 N–H and O–H groups in total. The second-order valence-electron chi connectivity index (χ2n) is 6.01. The van der Waals surface area contributed by atoms with E-state index in [2.05, 4.69) is 5.09 Å². The number of fused-ring (bicyclic) bond motifs is 1. The number of carbonyl (C=O) groups is 1. The standard InChI is InChI=1S/C20H17ClF2NO3P/c1-13(20(25)26-12-15-9-10-16(22)11-18(15)23)24-28(21)27-19-8-4-6-14-5-2-3-7-17(14)19/h2-11,13,24H,12H2,1H3/t13-,28?/m0/s1. The monoisotopic (exact) mass is 423 g/mol. The summed E-state index contributed by atoms with van der Waals surface area (Å²) in [5.74, 6) is -1.49. The van der Waals surface area contributed by atoms with Crippen LogP contribution in [0, 0.1) is 11.6 Å². The Morgan fingerprint density at radius 1 is 1.14 bits per heavy atom.